The summed E-state index contributed by atoms with van der Waals surface area (Å²) in [5, 5.41) is 0. The van der Waals surface area contributed by atoms with E-state index >= 15 is 0 Å². The minimum atomic E-state index is 0. The summed E-state index contributed by atoms with van der Waals surface area (Å²) in [7, 11) is 0. The molecule has 0 amide bonds. The van der Waals surface area contributed by atoms with Crippen LogP contribution in [0, 0.1) is 46.1 Å². The zero-order valence-corrected chi connectivity index (χ0v) is 20.8. The molecule has 0 fully saturated rings. The molecule has 0 heterocycles. The van der Waals surface area contributed by atoms with Crippen molar-refractivity contribution in [1.29, 1.82) is 0 Å². The van der Waals surface area contributed by atoms with Crippen molar-refractivity contribution >= 4 is 6.08 Å². The molecule has 0 saturated heterocycles. The fourth-order valence-electron chi connectivity index (χ4n) is 3.43. The molecule has 0 radical (unpaired) electrons. The van der Waals surface area contributed by atoms with Gasteiger partial charge in [0.15, 0.2) is 0 Å². The molecule has 1 atom stereocenters. The predicted molar refractivity (Wildman–Crippen MR) is 107 cm³/mol. The van der Waals surface area contributed by atoms with E-state index in [9.17, 15) is 0 Å². The van der Waals surface area contributed by atoms with Crippen LogP contribution in [-0.4, -0.2) is 0 Å². The Labute approximate surface area is 173 Å². The predicted octanol–water partition coefficient (Wildman–Crippen LogP) is 6.98. The molecular weight excluding hydrogens is 467 g/mol. The van der Waals surface area contributed by atoms with Crippen LogP contribution in [0.1, 0.15) is 72.1 Å². The van der Waals surface area contributed by atoms with Crippen LogP contribution in [0.4, 0.5) is 0 Å². The molecule has 1 unspecified atom stereocenters. The van der Waals surface area contributed by atoms with E-state index in [0.717, 1.165) is 0 Å². The van der Waals surface area contributed by atoms with Crippen molar-refractivity contribution in [2.45, 2.75) is 67.7 Å². The van der Waals surface area contributed by atoms with Crippen molar-refractivity contribution in [3.05, 3.63) is 69.3 Å². The van der Waals surface area contributed by atoms with Gasteiger partial charge < -0.3 is 0 Å². The van der Waals surface area contributed by atoms with Gasteiger partial charge in [-0.2, -0.15) is 33.4 Å². The average molecular weight is 499 g/mol. The van der Waals surface area contributed by atoms with Gasteiger partial charge >= 0.3 is 0 Å². The van der Waals surface area contributed by atoms with Crippen LogP contribution in [0.5, 0.6) is 0 Å². The molecule has 1 heteroatoms. The number of allylic oxidation sites excluding steroid dienone is 1. The molecule has 0 nitrogen and oxygen atoms in total. The summed E-state index contributed by atoms with van der Waals surface area (Å²) < 4.78 is 0. The third-order valence-electron chi connectivity index (χ3n) is 5.44. The second-order valence-corrected chi connectivity index (χ2v) is 8.38. The topological polar surface area (TPSA) is 0 Å². The van der Waals surface area contributed by atoms with Gasteiger partial charge in [-0.25, -0.2) is 6.08 Å². The molecule has 0 saturated carbocycles. The van der Waals surface area contributed by atoms with Gasteiger partial charge in [0, 0.05) is 25.8 Å². The molecule has 134 valence electrons. The number of rotatable bonds is 1. The van der Waals surface area contributed by atoms with E-state index in [4.69, 9.17) is 0 Å². The van der Waals surface area contributed by atoms with Gasteiger partial charge in [-0.05, 0) is 5.41 Å². The Balaban J connectivity index is 0.000000254. The van der Waals surface area contributed by atoms with Crippen molar-refractivity contribution < 1.29 is 25.8 Å². The van der Waals surface area contributed by atoms with Gasteiger partial charge in [0.25, 0.3) is 0 Å². The van der Waals surface area contributed by atoms with Gasteiger partial charge in [-0.3, -0.25) is 6.08 Å². The van der Waals surface area contributed by atoms with Crippen LogP contribution < -0.4 is 0 Å². The first-order chi connectivity index (χ1) is 11.1. The standard InChI is InChI=1S/C14H17.C10H15.Hf/c1-14(2,3)10-12-9-8-11-6-4-5-7-13(11)12;1-6-7(2)9(4)10(5)8(6)3;/h4-8,12H,10H2,1-3H3;1-5H3;/q2*-1;. The molecule has 0 bridgehead atoms. The summed E-state index contributed by atoms with van der Waals surface area (Å²) in [4.78, 5) is 0. The van der Waals surface area contributed by atoms with E-state index in [1.807, 2.05) is 0 Å². The molecule has 3 rings (SSSR count). The molecular formula is C24H32Hf-2. The van der Waals surface area contributed by atoms with Crippen molar-refractivity contribution in [2.24, 2.45) is 5.41 Å². The van der Waals surface area contributed by atoms with Crippen LogP contribution in [0.2, 0.25) is 0 Å². The van der Waals surface area contributed by atoms with Gasteiger partial charge in [-0.15, -0.1) is 11.6 Å². The molecule has 0 N–H and O–H groups in total. The van der Waals surface area contributed by atoms with Crippen LogP contribution in [0.3, 0.4) is 0 Å². The molecule has 0 spiro atoms. The van der Waals surface area contributed by atoms with E-state index in [-0.39, 0.29) is 25.8 Å². The maximum absolute atomic E-state index is 3.45. The minimum Gasteiger partial charge on any atom is -0.268 e. The summed E-state index contributed by atoms with van der Waals surface area (Å²) in [5.74, 6) is 0.506. The van der Waals surface area contributed by atoms with Crippen LogP contribution in [-0.2, 0) is 25.8 Å². The number of fused-ring (bicyclic) bond motifs is 1. The summed E-state index contributed by atoms with van der Waals surface area (Å²) in [6.07, 6.45) is 6.77. The maximum atomic E-state index is 3.45. The largest absolute Gasteiger partial charge is 0.268 e. The van der Waals surface area contributed by atoms with E-state index in [2.05, 4.69) is 91.8 Å². The first-order valence-electron chi connectivity index (χ1n) is 8.99. The first kappa shape index (κ1) is 22.2. The van der Waals surface area contributed by atoms with Crippen molar-refractivity contribution in [1.82, 2.24) is 0 Å². The Hall–Kier alpha value is -0.820. The smallest absolute Gasteiger partial charge is 0 e. The Kier molecular flexibility index (Phi) is 7.74. The summed E-state index contributed by atoms with van der Waals surface area (Å²) in [5.41, 5.74) is 10.5. The van der Waals surface area contributed by atoms with Gasteiger partial charge in [0.05, 0.1) is 0 Å². The maximum Gasteiger partial charge on any atom is 0 e. The molecule has 25 heavy (non-hydrogen) atoms. The van der Waals surface area contributed by atoms with Gasteiger partial charge in [-0.1, -0.05) is 85.9 Å². The Bertz CT molecular complexity index is 658. The molecule has 0 aromatic heterocycles. The normalized spacial score (nSPS) is 15.3. The van der Waals surface area contributed by atoms with Crippen LogP contribution >= 0.6 is 0 Å². The van der Waals surface area contributed by atoms with Crippen molar-refractivity contribution in [3.63, 3.8) is 0 Å². The first-order valence-corrected chi connectivity index (χ1v) is 8.99. The van der Waals surface area contributed by atoms with E-state index in [1.165, 1.54) is 45.4 Å². The average Bonchev–Trinajstić information content (AvgIpc) is 2.99. The minimum absolute atomic E-state index is 0. The summed E-state index contributed by atoms with van der Waals surface area (Å²) in [6.45, 7) is 17.9. The van der Waals surface area contributed by atoms with Gasteiger partial charge in [0.2, 0.25) is 0 Å². The van der Waals surface area contributed by atoms with E-state index in [1.54, 1.807) is 0 Å². The fraction of sp³-hybridized carbons (Fsp3) is 0.458. The third kappa shape index (κ3) is 5.33. The second kappa shape index (κ2) is 8.71. The monoisotopic (exact) mass is 500 g/mol. The molecule has 2 aromatic rings. The summed E-state index contributed by atoms with van der Waals surface area (Å²) >= 11 is 0. The fourth-order valence-corrected chi connectivity index (χ4v) is 3.43. The Morgan fingerprint density at radius 3 is 1.92 bits per heavy atom. The van der Waals surface area contributed by atoms with Crippen LogP contribution in [0.15, 0.2) is 24.3 Å². The second-order valence-electron chi connectivity index (χ2n) is 8.38. The van der Waals surface area contributed by atoms with Gasteiger partial charge in [0.1, 0.15) is 0 Å². The number of hydrogen-bond acceptors (Lipinski definition) is 0. The molecule has 2 aromatic carbocycles. The van der Waals surface area contributed by atoms with Crippen molar-refractivity contribution in [2.75, 3.05) is 0 Å². The molecule has 0 aliphatic heterocycles. The zero-order valence-electron chi connectivity index (χ0n) is 17.2. The quantitative estimate of drug-likeness (QED) is 0.294. The Morgan fingerprint density at radius 2 is 1.48 bits per heavy atom. The van der Waals surface area contributed by atoms with Crippen LogP contribution in [0.25, 0.3) is 6.08 Å². The van der Waals surface area contributed by atoms with E-state index < -0.39 is 0 Å². The zero-order chi connectivity index (χ0) is 18.1. The van der Waals surface area contributed by atoms with Crippen molar-refractivity contribution in [3.8, 4) is 0 Å². The number of benzene rings is 1. The molecule has 1 aliphatic rings. The summed E-state index contributed by atoms with van der Waals surface area (Å²) in [6, 6.07) is 8.61. The number of hydrogen-bond donors (Lipinski definition) is 0. The SMILES string of the molecule is CC(C)(C)CC1[C-]=Cc2ccccc21.Cc1c(C)c(C)[c-](C)c1C.[Hf]. The molecule has 1 aliphatic carbocycles. The van der Waals surface area contributed by atoms with E-state index in [0.29, 0.717) is 11.3 Å². The Morgan fingerprint density at radius 1 is 0.960 bits per heavy atom. The third-order valence-corrected chi connectivity index (χ3v) is 5.44.